The van der Waals surface area contributed by atoms with E-state index in [0.717, 1.165) is 0 Å². The van der Waals surface area contributed by atoms with Crippen molar-refractivity contribution in [1.29, 1.82) is 0 Å². The minimum Gasteiger partial charge on any atom is -0.257 e. The maximum atomic E-state index is 4.00. The van der Waals surface area contributed by atoms with Crippen LogP contribution in [0.25, 0.3) is 0 Å². The van der Waals surface area contributed by atoms with Gasteiger partial charge in [-0.15, -0.1) is 5.10 Å². The first kappa shape index (κ1) is 10.4. The van der Waals surface area contributed by atoms with E-state index in [9.17, 15) is 0 Å². The standard InChI is InChI=1S/C9H19N3Si/c1-9(2,3)13(5,6)8-7-10-11-12(8)4/h7H,1-6H3. The average Bonchev–Trinajstić information content (AvgIpc) is 2.32. The van der Waals surface area contributed by atoms with E-state index in [0.29, 0.717) is 5.04 Å². The molecule has 0 saturated carbocycles. The fraction of sp³-hybridized carbons (Fsp3) is 0.778. The highest BCUT2D eigenvalue weighted by atomic mass is 28.3. The molecule has 1 aromatic heterocycles. The normalized spacial score (nSPS) is 13.4. The Morgan fingerprint density at radius 1 is 1.31 bits per heavy atom. The largest absolute Gasteiger partial charge is 0.257 e. The van der Waals surface area contributed by atoms with Crippen molar-refractivity contribution in [2.24, 2.45) is 7.05 Å². The SMILES string of the molecule is Cn1nncc1[Si](C)(C)C(C)(C)C. The molecular formula is C9H19N3Si. The van der Waals surface area contributed by atoms with Crippen molar-refractivity contribution in [3.63, 3.8) is 0 Å². The molecule has 0 fully saturated rings. The number of hydrogen-bond donors (Lipinski definition) is 0. The van der Waals surface area contributed by atoms with Crippen molar-refractivity contribution in [1.82, 2.24) is 15.0 Å². The summed E-state index contributed by atoms with van der Waals surface area (Å²) in [6, 6.07) is 0. The topological polar surface area (TPSA) is 30.7 Å². The molecular weight excluding hydrogens is 178 g/mol. The van der Waals surface area contributed by atoms with Gasteiger partial charge in [-0.05, 0) is 5.04 Å². The highest BCUT2D eigenvalue weighted by Gasteiger charge is 2.39. The first-order valence-corrected chi connectivity index (χ1v) is 7.62. The maximum absolute atomic E-state index is 4.00. The van der Waals surface area contributed by atoms with Gasteiger partial charge in [-0.2, -0.15) is 0 Å². The van der Waals surface area contributed by atoms with Crippen molar-refractivity contribution < 1.29 is 0 Å². The smallest absolute Gasteiger partial charge is 0.111 e. The second-order valence-corrected chi connectivity index (χ2v) is 10.4. The van der Waals surface area contributed by atoms with Crippen LogP contribution in [-0.2, 0) is 7.05 Å². The van der Waals surface area contributed by atoms with Gasteiger partial charge < -0.3 is 0 Å². The van der Waals surface area contributed by atoms with Crippen LogP contribution in [0.2, 0.25) is 18.1 Å². The van der Waals surface area contributed by atoms with E-state index in [4.69, 9.17) is 0 Å². The van der Waals surface area contributed by atoms with Crippen LogP contribution in [0.4, 0.5) is 0 Å². The summed E-state index contributed by atoms with van der Waals surface area (Å²) >= 11 is 0. The van der Waals surface area contributed by atoms with Gasteiger partial charge in [0.05, 0.1) is 6.20 Å². The molecule has 0 aliphatic heterocycles. The van der Waals surface area contributed by atoms with E-state index in [1.807, 2.05) is 17.9 Å². The Labute approximate surface area is 81.2 Å². The fourth-order valence-electron chi connectivity index (χ4n) is 1.24. The molecule has 0 radical (unpaired) electrons. The van der Waals surface area contributed by atoms with Crippen molar-refractivity contribution in [2.75, 3.05) is 0 Å². The highest BCUT2D eigenvalue weighted by Crippen LogP contribution is 2.34. The van der Waals surface area contributed by atoms with Crippen LogP contribution < -0.4 is 5.32 Å². The highest BCUT2D eigenvalue weighted by molar-refractivity contribution is 6.91. The van der Waals surface area contributed by atoms with Crippen LogP contribution in [0.1, 0.15) is 20.8 Å². The number of hydrogen-bond acceptors (Lipinski definition) is 2. The molecule has 1 aromatic rings. The van der Waals surface area contributed by atoms with E-state index in [1.165, 1.54) is 5.32 Å². The van der Waals surface area contributed by atoms with E-state index in [-0.39, 0.29) is 0 Å². The Morgan fingerprint density at radius 2 is 1.85 bits per heavy atom. The zero-order valence-corrected chi connectivity index (χ0v) is 10.4. The van der Waals surface area contributed by atoms with E-state index >= 15 is 0 Å². The van der Waals surface area contributed by atoms with Crippen molar-refractivity contribution >= 4 is 13.4 Å². The lowest BCUT2D eigenvalue weighted by Gasteiger charge is -2.36. The van der Waals surface area contributed by atoms with Crippen LogP contribution in [0.5, 0.6) is 0 Å². The molecule has 0 aliphatic carbocycles. The molecule has 0 aliphatic rings. The quantitative estimate of drug-likeness (QED) is 0.639. The number of nitrogens with zero attached hydrogens (tertiary/aromatic N) is 3. The number of aromatic nitrogens is 3. The predicted molar refractivity (Wildman–Crippen MR) is 57.8 cm³/mol. The molecule has 1 heterocycles. The van der Waals surface area contributed by atoms with Crippen molar-refractivity contribution in [3.05, 3.63) is 6.20 Å². The van der Waals surface area contributed by atoms with Gasteiger partial charge in [0.25, 0.3) is 0 Å². The van der Waals surface area contributed by atoms with Gasteiger partial charge in [-0.1, -0.05) is 39.1 Å². The monoisotopic (exact) mass is 197 g/mol. The molecule has 0 unspecified atom stereocenters. The van der Waals surface area contributed by atoms with Gasteiger partial charge in [-0.3, -0.25) is 4.68 Å². The van der Waals surface area contributed by atoms with Crippen LogP contribution in [0.15, 0.2) is 6.20 Å². The molecule has 0 saturated heterocycles. The van der Waals surface area contributed by atoms with Gasteiger partial charge in [0, 0.05) is 12.4 Å². The second kappa shape index (κ2) is 2.94. The molecule has 0 N–H and O–H groups in total. The predicted octanol–water partition coefficient (Wildman–Crippen LogP) is 1.53. The fourth-order valence-corrected chi connectivity index (χ4v) is 3.24. The van der Waals surface area contributed by atoms with Gasteiger partial charge in [0.1, 0.15) is 8.07 Å². The van der Waals surface area contributed by atoms with Gasteiger partial charge in [0.15, 0.2) is 0 Å². The molecule has 0 amide bonds. The van der Waals surface area contributed by atoms with Crippen LogP contribution in [0, 0.1) is 0 Å². The van der Waals surface area contributed by atoms with E-state index < -0.39 is 8.07 Å². The molecule has 13 heavy (non-hydrogen) atoms. The Balaban J connectivity index is 3.15. The van der Waals surface area contributed by atoms with Crippen LogP contribution in [-0.4, -0.2) is 23.1 Å². The number of aryl methyl sites for hydroxylation is 1. The molecule has 0 bridgehead atoms. The average molecular weight is 197 g/mol. The van der Waals surface area contributed by atoms with Gasteiger partial charge in [-0.25, -0.2) is 0 Å². The molecule has 4 heteroatoms. The summed E-state index contributed by atoms with van der Waals surface area (Å²) in [5.74, 6) is 0. The summed E-state index contributed by atoms with van der Waals surface area (Å²) in [5, 5.41) is 9.62. The maximum Gasteiger partial charge on any atom is 0.111 e. The third-order valence-corrected chi connectivity index (χ3v) is 8.71. The summed E-state index contributed by atoms with van der Waals surface area (Å²) in [6.07, 6.45) is 1.91. The molecule has 0 spiro atoms. The summed E-state index contributed by atoms with van der Waals surface area (Å²) < 4.78 is 1.91. The lowest BCUT2D eigenvalue weighted by atomic mass is 10.2. The summed E-state index contributed by atoms with van der Waals surface area (Å²) in [4.78, 5) is 0. The zero-order valence-electron chi connectivity index (χ0n) is 9.42. The minimum atomic E-state index is -1.44. The summed E-state index contributed by atoms with van der Waals surface area (Å²) in [7, 11) is 0.540. The molecule has 1 rings (SSSR count). The molecule has 0 atom stereocenters. The van der Waals surface area contributed by atoms with Gasteiger partial charge in [0.2, 0.25) is 0 Å². The van der Waals surface area contributed by atoms with Crippen molar-refractivity contribution in [3.8, 4) is 0 Å². The zero-order chi connectivity index (χ0) is 10.3. The van der Waals surface area contributed by atoms with Gasteiger partial charge >= 0.3 is 0 Å². The first-order valence-electron chi connectivity index (χ1n) is 4.62. The van der Waals surface area contributed by atoms with E-state index in [2.05, 4.69) is 44.2 Å². The number of rotatable bonds is 1. The molecule has 74 valence electrons. The summed E-state index contributed by atoms with van der Waals surface area (Å²) in [6.45, 7) is 11.6. The minimum absolute atomic E-state index is 0.350. The molecule has 0 aromatic carbocycles. The Hall–Kier alpha value is -0.643. The third kappa shape index (κ3) is 1.68. The van der Waals surface area contributed by atoms with Crippen LogP contribution in [0.3, 0.4) is 0 Å². The van der Waals surface area contributed by atoms with Crippen molar-refractivity contribution in [2.45, 2.75) is 38.9 Å². The molecule has 3 nitrogen and oxygen atoms in total. The Bertz CT molecular complexity index is 296. The van der Waals surface area contributed by atoms with E-state index in [1.54, 1.807) is 0 Å². The Kier molecular flexibility index (Phi) is 2.36. The lowest BCUT2D eigenvalue weighted by molar-refractivity contribution is 0.702. The Morgan fingerprint density at radius 3 is 2.15 bits per heavy atom. The summed E-state index contributed by atoms with van der Waals surface area (Å²) in [5.41, 5.74) is 0. The first-order chi connectivity index (χ1) is 5.77. The van der Waals surface area contributed by atoms with Crippen LogP contribution >= 0.6 is 0 Å². The second-order valence-electron chi connectivity index (χ2n) is 5.12. The lowest BCUT2D eigenvalue weighted by Crippen LogP contribution is -2.52. The third-order valence-electron chi connectivity index (χ3n) is 3.23.